The van der Waals surface area contributed by atoms with E-state index in [0.29, 0.717) is 23.2 Å². The normalized spacial score (nSPS) is 23.9. The van der Waals surface area contributed by atoms with Crippen LogP contribution in [-0.2, 0) is 11.3 Å². The van der Waals surface area contributed by atoms with Crippen LogP contribution in [0.15, 0.2) is 18.2 Å². The van der Waals surface area contributed by atoms with Gasteiger partial charge in [0.2, 0.25) is 5.91 Å². The molecule has 0 aliphatic carbocycles. The summed E-state index contributed by atoms with van der Waals surface area (Å²) in [5.41, 5.74) is 1.71. The first-order valence-corrected chi connectivity index (χ1v) is 10.6. The number of benzene rings is 1. The van der Waals surface area contributed by atoms with Crippen molar-refractivity contribution < 1.29 is 9.59 Å². The summed E-state index contributed by atoms with van der Waals surface area (Å²) in [4.78, 5) is 31.1. The van der Waals surface area contributed by atoms with Gasteiger partial charge in [-0.3, -0.25) is 4.79 Å². The molecule has 0 saturated carbocycles. The van der Waals surface area contributed by atoms with Gasteiger partial charge in [-0.15, -0.1) is 0 Å². The van der Waals surface area contributed by atoms with Crippen LogP contribution in [0.25, 0.3) is 11.0 Å². The summed E-state index contributed by atoms with van der Waals surface area (Å²) in [5, 5.41) is 9.95. The lowest BCUT2D eigenvalue weighted by Gasteiger charge is -2.16. The molecule has 2 aliphatic heterocycles. The maximum atomic E-state index is 12.1. The van der Waals surface area contributed by atoms with E-state index in [1.807, 2.05) is 23.9 Å². The highest BCUT2D eigenvalue weighted by molar-refractivity contribution is 8.00. The number of H-pyrrole nitrogens is 1. The summed E-state index contributed by atoms with van der Waals surface area (Å²) in [7, 11) is 0. The van der Waals surface area contributed by atoms with Crippen LogP contribution in [0.2, 0.25) is 5.02 Å². The highest BCUT2D eigenvalue weighted by atomic mass is 35.5. The molecule has 2 aliphatic rings. The third-order valence-electron chi connectivity index (χ3n) is 5.03. The molecule has 1 aromatic heterocycles. The fraction of sp³-hybridized carbons (Fsp3) is 0.500. The average Bonchev–Trinajstić information content (AvgIpc) is 3.30. The number of thioether (sulfide) groups is 1. The Kier molecular flexibility index (Phi) is 5.45. The number of amides is 3. The lowest BCUT2D eigenvalue weighted by Crippen LogP contribution is -2.36. The number of halogens is 1. The van der Waals surface area contributed by atoms with Gasteiger partial charge in [-0.05, 0) is 31.0 Å². The molecular weight excluding hydrogens is 386 g/mol. The fourth-order valence-electron chi connectivity index (χ4n) is 3.66. The molecule has 0 bridgehead atoms. The summed E-state index contributed by atoms with van der Waals surface area (Å²) >= 11 is 7.87. The van der Waals surface area contributed by atoms with Gasteiger partial charge in [0.25, 0.3) is 0 Å². The minimum atomic E-state index is -0.0532. The van der Waals surface area contributed by atoms with Gasteiger partial charge in [0.15, 0.2) is 0 Å². The standard InChI is InChI=1S/C18H22ClN5O2S/c19-10-5-6-11-12(7-10)22-15(21-11)8-20-16(25)4-2-1-3-14-17-13(9-27-14)23-18(26)24-17/h5-7,13-14,17H,1-4,8-9H2,(H,20,25)(H,21,22)(H2,23,24,26)/t13-,14-,17-/m0/s1. The Morgan fingerprint density at radius 2 is 2.22 bits per heavy atom. The third-order valence-corrected chi connectivity index (χ3v) is 6.77. The zero-order valence-electron chi connectivity index (χ0n) is 14.8. The average molecular weight is 408 g/mol. The number of aromatic amines is 1. The Balaban J connectivity index is 1.16. The monoisotopic (exact) mass is 407 g/mol. The van der Waals surface area contributed by atoms with Gasteiger partial charge < -0.3 is 20.9 Å². The van der Waals surface area contributed by atoms with Gasteiger partial charge >= 0.3 is 6.03 Å². The van der Waals surface area contributed by atoms with E-state index >= 15 is 0 Å². The van der Waals surface area contributed by atoms with Crippen molar-refractivity contribution in [3.63, 3.8) is 0 Å². The van der Waals surface area contributed by atoms with Gasteiger partial charge in [0, 0.05) is 22.4 Å². The molecule has 7 nitrogen and oxygen atoms in total. The van der Waals surface area contributed by atoms with Crippen molar-refractivity contribution >= 4 is 46.3 Å². The second-order valence-corrected chi connectivity index (χ2v) is 8.70. The number of hydrogen-bond acceptors (Lipinski definition) is 4. The number of imidazole rings is 1. The Morgan fingerprint density at radius 1 is 1.33 bits per heavy atom. The Labute approximate surface area is 166 Å². The van der Waals surface area contributed by atoms with Crippen molar-refractivity contribution in [2.45, 2.75) is 49.6 Å². The molecular formula is C18H22ClN5O2S. The predicted molar refractivity (Wildman–Crippen MR) is 107 cm³/mol. The zero-order chi connectivity index (χ0) is 18.8. The number of carbonyl (C=O) groups excluding carboxylic acids is 2. The van der Waals surface area contributed by atoms with Crippen LogP contribution in [0.5, 0.6) is 0 Å². The number of hydrogen-bond donors (Lipinski definition) is 4. The summed E-state index contributed by atoms with van der Waals surface area (Å²) < 4.78 is 0. The van der Waals surface area contributed by atoms with Crippen LogP contribution in [-0.4, -0.2) is 45.0 Å². The van der Waals surface area contributed by atoms with Crippen LogP contribution < -0.4 is 16.0 Å². The van der Waals surface area contributed by atoms with E-state index in [4.69, 9.17) is 11.6 Å². The maximum absolute atomic E-state index is 12.1. The topological polar surface area (TPSA) is 98.9 Å². The van der Waals surface area contributed by atoms with Crippen molar-refractivity contribution in [1.29, 1.82) is 0 Å². The molecule has 3 amide bonds. The van der Waals surface area contributed by atoms with E-state index < -0.39 is 0 Å². The summed E-state index contributed by atoms with van der Waals surface area (Å²) in [6, 6.07) is 5.91. The van der Waals surface area contributed by atoms with E-state index in [-0.39, 0.29) is 24.0 Å². The molecule has 0 unspecified atom stereocenters. The van der Waals surface area contributed by atoms with Crippen molar-refractivity contribution in [3.8, 4) is 0 Å². The van der Waals surface area contributed by atoms with Gasteiger partial charge in [0.05, 0.1) is 29.7 Å². The smallest absolute Gasteiger partial charge is 0.315 e. The second-order valence-electron chi connectivity index (χ2n) is 6.99. The van der Waals surface area contributed by atoms with Crippen LogP contribution in [0.3, 0.4) is 0 Å². The molecule has 0 spiro atoms. The maximum Gasteiger partial charge on any atom is 0.315 e. The first-order valence-electron chi connectivity index (χ1n) is 9.18. The quantitative estimate of drug-likeness (QED) is 0.418. The highest BCUT2D eigenvalue weighted by Gasteiger charge is 2.42. The minimum absolute atomic E-state index is 0.0290. The van der Waals surface area contributed by atoms with Crippen LogP contribution in [0, 0.1) is 0 Å². The minimum Gasteiger partial charge on any atom is -0.349 e. The molecule has 2 saturated heterocycles. The molecule has 9 heteroatoms. The molecule has 4 N–H and O–H groups in total. The number of nitrogens with one attached hydrogen (secondary N) is 4. The predicted octanol–water partition coefficient (Wildman–Crippen LogP) is 2.56. The van der Waals surface area contributed by atoms with Crippen molar-refractivity contribution in [2.24, 2.45) is 0 Å². The fourth-order valence-corrected chi connectivity index (χ4v) is 5.38. The molecule has 3 atom stereocenters. The molecule has 2 aromatic rings. The van der Waals surface area contributed by atoms with E-state index in [1.54, 1.807) is 6.07 Å². The van der Waals surface area contributed by atoms with E-state index in [2.05, 4.69) is 25.9 Å². The Morgan fingerprint density at radius 3 is 3.11 bits per heavy atom. The summed E-state index contributed by atoms with van der Waals surface area (Å²) in [5.74, 6) is 1.72. The van der Waals surface area contributed by atoms with Crippen molar-refractivity contribution in [3.05, 3.63) is 29.0 Å². The number of carbonyl (C=O) groups is 2. The number of unbranched alkanes of at least 4 members (excludes halogenated alkanes) is 1. The van der Waals surface area contributed by atoms with Crippen molar-refractivity contribution in [2.75, 3.05) is 5.75 Å². The van der Waals surface area contributed by atoms with Gasteiger partial charge in [-0.2, -0.15) is 11.8 Å². The van der Waals surface area contributed by atoms with E-state index in [0.717, 1.165) is 41.9 Å². The molecule has 1 aromatic carbocycles. The van der Waals surface area contributed by atoms with Crippen LogP contribution in [0.4, 0.5) is 4.79 Å². The lowest BCUT2D eigenvalue weighted by atomic mass is 10.0. The van der Waals surface area contributed by atoms with E-state index in [9.17, 15) is 9.59 Å². The number of aromatic nitrogens is 2. The zero-order valence-corrected chi connectivity index (χ0v) is 16.3. The molecule has 0 radical (unpaired) electrons. The number of nitrogens with zero attached hydrogens (tertiary/aromatic N) is 1. The first-order chi connectivity index (χ1) is 13.1. The summed E-state index contributed by atoms with van der Waals surface area (Å²) in [6.45, 7) is 0.380. The Bertz CT molecular complexity index is 857. The largest absolute Gasteiger partial charge is 0.349 e. The number of urea groups is 1. The van der Waals surface area contributed by atoms with E-state index in [1.165, 1.54) is 0 Å². The van der Waals surface area contributed by atoms with Crippen molar-refractivity contribution in [1.82, 2.24) is 25.9 Å². The third kappa shape index (κ3) is 4.32. The molecule has 144 valence electrons. The summed E-state index contributed by atoms with van der Waals surface area (Å²) in [6.07, 6.45) is 3.35. The second kappa shape index (κ2) is 7.98. The molecule has 27 heavy (non-hydrogen) atoms. The lowest BCUT2D eigenvalue weighted by molar-refractivity contribution is -0.121. The van der Waals surface area contributed by atoms with Crippen LogP contribution in [0.1, 0.15) is 31.5 Å². The SMILES string of the molecule is O=C(CCCC[C@@H]1SC[C@@H]2NC(=O)N[C@@H]21)NCc1nc2ccc(Cl)cc2[nH]1. The Hall–Kier alpha value is -1.93. The molecule has 2 fully saturated rings. The number of fused-ring (bicyclic) bond motifs is 2. The van der Waals surface area contributed by atoms with Gasteiger partial charge in [-0.1, -0.05) is 18.0 Å². The molecule has 3 heterocycles. The first kappa shape index (κ1) is 18.4. The number of rotatable bonds is 7. The van der Waals surface area contributed by atoms with Gasteiger partial charge in [-0.25, -0.2) is 9.78 Å². The van der Waals surface area contributed by atoms with Crippen LogP contribution >= 0.6 is 23.4 Å². The highest BCUT2D eigenvalue weighted by Crippen LogP contribution is 2.33. The molecule has 4 rings (SSSR count). The van der Waals surface area contributed by atoms with Gasteiger partial charge in [0.1, 0.15) is 5.82 Å².